The number of anilines is 3. The summed E-state index contributed by atoms with van der Waals surface area (Å²) in [5, 5.41) is 2.90. The number of morpholine rings is 1. The number of urea groups is 1. The standard InChI is InChI=1S/C21H25N5O3/c1-13-11-25(12-14(2)29-13)17-5-7-23-18(10-17)20(27)24-16-3-4-19-15(9-16)6-8-26(19)21(22)28/h3-5,7,9-10,13-14H,6,8,11-12H2,1-2H3,(H2,22,28)(H,24,27). The van der Waals surface area contributed by atoms with Crippen LogP contribution in [0.4, 0.5) is 21.9 Å². The number of primary amides is 1. The number of rotatable bonds is 3. The molecule has 3 amide bonds. The van der Waals surface area contributed by atoms with E-state index in [2.05, 4.69) is 15.2 Å². The average Bonchev–Trinajstić information content (AvgIpc) is 3.11. The Morgan fingerprint density at radius 2 is 1.93 bits per heavy atom. The number of benzene rings is 1. The van der Waals surface area contributed by atoms with E-state index in [-0.39, 0.29) is 18.1 Å². The third kappa shape index (κ3) is 4.02. The smallest absolute Gasteiger partial charge is 0.319 e. The van der Waals surface area contributed by atoms with Crippen molar-refractivity contribution in [2.24, 2.45) is 5.73 Å². The zero-order chi connectivity index (χ0) is 20.5. The van der Waals surface area contributed by atoms with Crippen LogP contribution in [0.1, 0.15) is 29.9 Å². The number of hydrogen-bond donors (Lipinski definition) is 2. The molecule has 8 heteroatoms. The van der Waals surface area contributed by atoms with Gasteiger partial charge in [0, 0.05) is 42.9 Å². The van der Waals surface area contributed by atoms with Gasteiger partial charge in [0.2, 0.25) is 0 Å². The molecule has 29 heavy (non-hydrogen) atoms. The maximum absolute atomic E-state index is 12.7. The van der Waals surface area contributed by atoms with E-state index in [0.29, 0.717) is 24.3 Å². The highest BCUT2D eigenvalue weighted by molar-refractivity contribution is 6.03. The number of hydrogen-bond acceptors (Lipinski definition) is 5. The number of aromatic nitrogens is 1. The summed E-state index contributed by atoms with van der Waals surface area (Å²) >= 11 is 0. The van der Waals surface area contributed by atoms with Gasteiger partial charge in [-0.25, -0.2) is 4.79 Å². The zero-order valence-electron chi connectivity index (χ0n) is 16.6. The molecule has 2 unspecified atom stereocenters. The van der Waals surface area contributed by atoms with E-state index >= 15 is 0 Å². The van der Waals surface area contributed by atoms with Crippen LogP contribution in [0.2, 0.25) is 0 Å². The molecule has 0 radical (unpaired) electrons. The van der Waals surface area contributed by atoms with Crippen molar-refractivity contribution in [3.8, 4) is 0 Å². The molecule has 152 valence electrons. The first-order valence-electron chi connectivity index (χ1n) is 9.78. The summed E-state index contributed by atoms with van der Waals surface area (Å²) in [6.07, 6.45) is 2.64. The van der Waals surface area contributed by atoms with Crippen LogP contribution in [-0.2, 0) is 11.2 Å². The molecule has 1 fully saturated rings. The number of carbonyl (C=O) groups is 2. The van der Waals surface area contributed by atoms with Gasteiger partial charge in [0.05, 0.1) is 12.2 Å². The first kappa shape index (κ1) is 19.2. The van der Waals surface area contributed by atoms with Gasteiger partial charge in [0.15, 0.2) is 0 Å². The summed E-state index contributed by atoms with van der Waals surface area (Å²) in [6.45, 7) is 6.20. The quantitative estimate of drug-likeness (QED) is 0.831. The lowest BCUT2D eigenvalue weighted by atomic mass is 10.1. The van der Waals surface area contributed by atoms with E-state index in [1.807, 2.05) is 38.1 Å². The van der Waals surface area contributed by atoms with Crippen LogP contribution in [-0.4, -0.2) is 48.8 Å². The largest absolute Gasteiger partial charge is 0.372 e. The molecule has 1 aromatic heterocycles. The SMILES string of the molecule is CC1CN(c2ccnc(C(=O)Nc3ccc4c(c3)CCN4C(N)=O)c2)CC(C)O1. The molecule has 2 atom stereocenters. The van der Waals surface area contributed by atoms with Gasteiger partial charge in [0.25, 0.3) is 5.91 Å². The van der Waals surface area contributed by atoms with E-state index in [1.54, 1.807) is 12.3 Å². The Morgan fingerprint density at radius 1 is 1.17 bits per heavy atom. The number of amides is 3. The van der Waals surface area contributed by atoms with Crippen molar-refractivity contribution < 1.29 is 14.3 Å². The maximum Gasteiger partial charge on any atom is 0.319 e. The average molecular weight is 395 g/mol. The van der Waals surface area contributed by atoms with Crippen molar-refractivity contribution in [2.75, 3.05) is 34.8 Å². The number of nitrogens with one attached hydrogen (secondary N) is 1. The first-order valence-corrected chi connectivity index (χ1v) is 9.78. The van der Waals surface area contributed by atoms with Crippen molar-refractivity contribution in [1.29, 1.82) is 0 Å². The summed E-state index contributed by atoms with van der Waals surface area (Å²) in [5.74, 6) is -0.272. The lowest BCUT2D eigenvalue weighted by molar-refractivity contribution is -0.00522. The summed E-state index contributed by atoms with van der Waals surface area (Å²) in [4.78, 5) is 32.2. The molecule has 8 nitrogen and oxygen atoms in total. The Balaban J connectivity index is 1.49. The lowest BCUT2D eigenvalue weighted by Gasteiger charge is -2.36. The van der Waals surface area contributed by atoms with Gasteiger partial charge in [-0.1, -0.05) is 0 Å². The number of nitrogens with zero attached hydrogens (tertiary/aromatic N) is 3. The van der Waals surface area contributed by atoms with Crippen molar-refractivity contribution in [2.45, 2.75) is 32.5 Å². The second-order valence-corrected chi connectivity index (χ2v) is 7.60. The molecule has 2 aromatic rings. The Bertz CT molecular complexity index is 938. The molecule has 1 aromatic carbocycles. The highest BCUT2D eigenvalue weighted by Gasteiger charge is 2.24. The van der Waals surface area contributed by atoms with E-state index in [4.69, 9.17) is 10.5 Å². The molecular weight excluding hydrogens is 370 g/mol. The van der Waals surface area contributed by atoms with Crippen LogP contribution in [0.15, 0.2) is 36.5 Å². The van der Waals surface area contributed by atoms with Gasteiger partial charge >= 0.3 is 6.03 Å². The fourth-order valence-corrected chi connectivity index (χ4v) is 4.03. The minimum atomic E-state index is -0.465. The minimum absolute atomic E-state index is 0.135. The molecule has 0 saturated carbocycles. The van der Waals surface area contributed by atoms with E-state index < -0.39 is 6.03 Å². The maximum atomic E-state index is 12.7. The van der Waals surface area contributed by atoms with E-state index in [0.717, 1.165) is 30.0 Å². The number of nitrogens with two attached hydrogens (primary N) is 1. The molecule has 0 bridgehead atoms. The van der Waals surface area contributed by atoms with Crippen molar-refractivity contribution in [3.05, 3.63) is 47.8 Å². The summed E-state index contributed by atoms with van der Waals surface area (Å²) in [6, 6.07) is 8.72. The normalized spacial score (nSPS) is 21.0. The molecule has 0 aliphatic carbocycles. The predicted octanol–water partition coefficient (Wildman–Crippen LogP) is 2.39. The first-order chi connectivity index (χ1) is 13.9. The predicted molar refractivity (Wildman–Crippen MR) is 111 cm³/mol. The molecule has 3 N–H and O–H groups in total. The molecule has 2 aliphatic rings. The molecule has 2 aliphatic heterocycles. The number of carbonyl (C=O) groups excluding carboxylic acids is 2. The van der Waals surface area contributed by atoms with Gasteiger partial charge < -0.3 is 20.7 Å². The Hall–Kier alpha value is -3.13. The Kier molecular flexibility index (Phi) is 5.10. The van der Waals surface area contributed by atoms with Gasteiger partial charge in [0.1, 0.15) is 5.69 Å². The monoisotopic (exact) mass is 395 g/mol. The Labute approximate surface area is 169 Å². The highest BCUT2D eigenvalue weighted by atomic mass is 16.5. The topological polar surface area (TPSA) is 101 Å². The lowest BCUT2D eigenvalue weighted by Crippen LogP contribution is -2.45. The van der Waals surface area contributed by atoms with Gasteiger partial charge in [-0.2, -0.15) is 0 Å². The van der Waals surface area contributed by atoms with Crippen LogP contribution in [0.3, 0.4) is 0 Å². The summed E-state index contributed by atoms with van der Waals surface area (Å²) in [5.41, 5.74) is 9.16. The second kappa shape index (κ2) is 7.71. The number of fused-ring (bicyclic) bond motifs is 1. The zero-order valence-corrected chi connectivity index (χ0v) is 16.6. The molecular formula is C21H25N5O3. The van der Waals surface area contributed by atoms with Crippen LogP contribution < -0.4 is 20.9 Å². The Morgan fingerprint density at radius 3 is 2.66 bits per heavy atom. The third-order valence-electron chi connectivity index (χ3n) is 5.26. The van der Waals surface area contributed by atoms with E-state index in [9.17, 15) is 9.59 Å². The second-order valence-electron chi connectivity index (χ2n) is 7.60. The molecule has 3 heterocycles. The highest BCUT2D eigenvalue weighted by Crippen LogP contribution is 2.30. The summed E-state index contributed by atoms with van der Waals surface area (Å²) < 4.78 is 5.78. The fraction of sp³-hybridized carbons (Fsp3) is 0.381. The van der Waals surface area contributed by atoms with Gasteiger partial charge in [-0.15, -0.1) is 0 Å². The molecule has 0 spiro atoms. The van der Waals surface area contributed by atoms with Crippen molar-refractivity contribution in [3.63, 3.8) is 0 Å². The van der Waals surface area contributed by atoms with Gasteiger partial charge in [-0.3, -0.25) is 14.7 Å². The number of pyridine rings is 1. The van der Waals surface area contributed by atoms with Crippen molar-refractivity contribution >= 4 is 29.0 Å². The van der Waals surface area contributed by atoms with Crippen LogP contribution in [0, 0.1) is 0 Å². The van der Waals surface area contributed by atoms with Gasteiger partial charge in [-0.05, 0) is 56.2 Å². The summed E-state index contributed by atoms with van der Waals surface area (Å²) in [7, 11) is 0. The number of ether oxygens (including phenoxy) is 1. The molecule has 1 saturated heterocycles. The van der Waals surface area contributed by atoms with Crippen LogP contribution >= 0.6 is 0 Å². The minimum Gasteiger partial charge on any atom is -0.372 e. The molecule has 4 rings (SSSR count). The van der Waals surface area contributed by atoms with E-state index in [1.165, 1.54) is 4.90 Å². The van der Waals surface area contributed by atoms with Crippen molar-refractivity contribution in [1.82, 2.24) is 4.98 Å². The fourth-order valence-electron chi connectivity index (χ4n) is 4.03. The van der Waals surface area contributed by atoms with Crippen LogP contribution in [0.25, 0.3) is 0 Å². The van der Waals surface area contributed by atoms with Crippen LogP contribution in [0.5, 0.6) is 0 Å². The third-order valence-corrected chi connectivity index (χ3v) is 5.26.